The molecular formula is C18H13Cl2N5OS. The molecule has 0 unspecified atom stereocenters. The highest BCUT2D eigenvalue weighted by Gasteiger charge is 2.14. The number of nitrogens with one attached hydrogen (secondary N) is 1. The Kier molecular flexibility index (Phi) is 5.91. The van der Waals surface area contributed by atoms with E-state index in [2.05, 4.69) is 15.5 Å². The first-order valence-corrected chi connectivity index (χ1v) is 9.46. The number of halogens is 2. The van der Waals surface area contributed by atoms with Gasteiger partial charge in [0.2, 0.25) is 5.13 Å². The van der Waals surface area contributed by atoms with Crippen molar-refractivity contribution in [3.05, 3.63) is 62.8 Å². The van der Waals surface area contributed by atoms with E-state index in [9.17, 15) is 10.1 Å². The number of nitrogens with zero attached hydrogens (tertiary/aromatic N) is 4. The summed E-state index contributed by atoms with van der Waals surface area (Å²) >= 11 is 13.4. The largest absolute Gasteiger partial charge is 0.317 e. The average Bonchev–Trinajstić information content (AvgIpc) is 3.27. The average molecular weight is 418 g/mol. The van der Waals surface area contributed by atoms with Crippen molar-refractivity contribution in [3.63, 3.8) is 0 Å². The molecule has 2 aromatic heterocycles. The fourth-order valence-corrected chi connectivity index (χ4v) is 3.52. The monoisotopic (exact) mass is 417 g/mol. The molecule has 9 heteroatoms. The number of carbonyl (C=O) groups is 1. The SMILES string of the molecule is CCc1nnc(NC(=O)/C(C#N)=C\c2cccn2-c2cc(Cl)cc(Cl)c2)s1. The van der Waals surface area contributed by atoms with E-state index in [1.807, 2.05) is 13.0 Å². The number of aromatic nitrogens is 3. The minimum Gasteiger partial charge on any atom is -0.317 e. The Balaban J connectivity index is 1.89. The third kappa shape index (κ3) is 4.55. The predicted molar refractivity (Wildman–Crippen MR) is 107 cm³/mol. The van der Waals surface area contributed by atoms with Crippen molar-refractivity contribution in [1.29, 1.82) is 5.26 Å². The summed E-state index contributed by atoms with van der Waals surface area (Å²) in [6.45, 7) is 1.95. The normalized spacial score (nSPS) is 11.3. The Labute approximate surface area is 169 Å². The summed E-state index contributed by atoms with van der Waals surface area (Å²) in [4.78, 5) is 12.4. The van der Waals surface area contributed by atoms with E-state index in [0.29, 0.717) is 20.9 Å². The van der Waals surface area contributed by atoms with Crippen LogP contribution in [0.5, 0.6) is 0 Å². The molecule has 6 nitrogen and oxygen atoms in total. The first kappa shape index (κ1) is 19.1. The van der Waals surface area contributed by atoms with Crippen LogP contribution in [-0.2, 0) is 11.2 Å². The van der Waals surface area contributed by atoms with E-state index in [1.54, 1.807) is 41.1 Å². The zero-order valence-electron chi connectivity index (χ0n) is 14.1. The van der Waals surface area contributed by atoms with Gasteiger partial charge in [-0.2, -0.15) is 5.26 Å². The lowest BCUT2D eigenvalue weighted by Gasteiger charge is -2.08. The number of carbonyl (C=O) groups excluding carboxylic acids is 1. The van der Waals surface area contributed by atoms with E-state index in [0.717, 1.165) is 17.1 Å². The maximum absolute atomic E-state index is 12.4. The Morgan fingerprint density at radius 1 is 1.33 bits per heavy atom. The number of anilines is 1. The lowest BCUT2D eigenvalue weighted by molar-refractivity contribution is -0.112. The number of rotatable bonds is 5. The van der Waals surface area contributed by atoms with Crippen molar-refractivity contribution < 1.29 is 4.79 Å². The molecule has 0 radical (unpaired) electrons. The molecule has 2 heterocycles. The molecule has 27 heavy (non-hydrogen) atoms. The van der Waals surface area contributed by atoms with Crippen LogP contribution in [0, 0.1) is 11.3 Å². The summed E-state index contributed by atoms with van der Waals surface area (Å²) in [6, 6.07) is 10.6. The second-order valence-corrected chi connectivity index (χ2v) is 7.34. The van der Waals surface area contributed by atoms with Crippen LogP contribution in [0.3, 0.4) is 0 Å². The minimum absolute atomic E-state index is 0.0590. The van der Waals surface area contributed by atoms with Crippen LogP contribution in [-0.4, -0.2) is 20.7 Å². The number of aryl methyl sites for hydroxylation is 1. The minimum atomic E-state index is -0.548. The Morgan fingerprint density at radius 2 is 2.07 bits per heavy atom. The first-order chi connectivity index (χ1) is 13.0. The van der Waals surface area contributed by atoms with Crippen molar-refractivity contribution in [1.82, 2.24) is 14.8 Å². The second-order valence-electron chi connectivity index (χ2n) is 5.41. The summed E-state index contributed by atoms with van der Waals surface area (Å²) in [5.41, 5.74) is 1.29. The van der Waals surface area contributed by atoms with Crippen LogP contribution in [0.15, 0.2) is 42.1 Å². The van der Waals surface area contributed by atoms with Crippen LogP contribution in [0.4, 0.5) is 5.13 Å². The van der Waals surface area contributed by atoms with Crippen molar-refractivity contribution in [3.8, 4) is 11.8 Å². The molecule has 1 N–H and O–H groups in total. The van der Waals surface area contributed by atoms with Gasteiger partial charge in [0.05, 0.1) is 0 Å². The van der Waals surface area contributed by atoms with Crippen LogP contribution >= 0.6 is 34.5 Å². The van der Waals surface area contributed by atoms with Gasteiger partial charge in [-0.1, -0.05) is 41.5 Å². The Hall–Kier alpha value is -2.66. The summed E-state index contributed by atoms with van der Waals surface area (Å²) in [5, 5.41) is 22.0. The van der Waals surface area contributed by atoms with E-state index < -0.39 is 5.91 Å². The molecule has 136 valence electrons. The van der Waals surface area contributed by atoms with Gasteiger partial charge in [0, 0.05) is 27.6 Å². The molecular weight excluding hydrogens is 405 g/mol. The van der Waals surface area contributed by atoms with Crippen LogP contribution in [0.1, 0.15) is 17.6 Å². The van der Waals surface area contributed by atoms with Gasteiger partial charge in [-0.3, -0.25) is 10.1 Å². The summed E-state index contributed by atoms with van der Waals surface area (Å²) in [7, 11) is 0. The topological polar surface area (TPSA) is 83.6 Å². The quantitative estimate of drug-likeness (QED) is 0.479. The molecule has 3 rings (SSSR count). The fraction of sp³-hybridized carbons (Fsp3) is 0.111. The highest BCUT2D eigenvalue weighted by Crippen LogP contribution is 2.24. The van der Waals surface area contributed by atoms with E-state index in [-0.39, 0.29) is 5.57 Å². The van der Waals surface area contributed by atoms with Gasteiger partial charge in [-0.15, -0.1) is 10.2 Å². The molecule has 0 atom stereocenters. The molecule has 3 aromatic rings. The van der Waals surface area contributed by atoms with Crippen molar-refractivity contribution in [2.75, 3.05) is 5.32 Å². The molecule has 1 aromatic carbocycles. The van der Waals surface area contributed by atoms with Gasteiger partial charge in [0.1, 0.15) is 16.6 Å². The van der Waals surface area contributed by atoms with Gasteiger partial charge < -0.3 is 4.57 Å². The fourth-order valence-electron chi connectivity index (χ4n) is 2.33. The van der Waals surface area contributed by atoms with Gasteiger partial charge in [-0.25, -0.2) is 0 Å². The van der Waals surface area contributed by atoms with E-state index in [4.69, 9.17) is 23.2 Å². The molecule has 0 saturated carbocycles. The zero-order chi connectivity index (χ0) is 19.4. The Bertz CT molecular complexity index is 1040. The van der Waals surface area contributed by atoms with E-state index in [1.165, 1.54) is 17.4 Å². The molecule has 0 spiro atoms. The summed E-state index contributed by atoms with van der Waals surface area (Å²) < 4.78 is 1.78. The lowest BCUT2D eigenvalue weighted by Crippen LogP contribution is -2.13. The van der Waals surface area contributed by atoms with Crippen molar-refractivity contribution in [2.24, 2.45) is 0 Å². The van der Waals surface area contributed by atoms with Crippen molar-refractivity contribution in [2.45, 2.75) is 13.3 Å². The van der Waals surface area contributed by atoms with E-state index >= 15 is 0 Å². The van der Waals surface area contributed by atoms with Crippen LogP contribution in [0.2, 0.25) is 10.0 Å². The standard InChI is InChI=1S/C18H13Cl2N5OS/c1-2-16-23-24-18(27-16)22-17(26)11(10-21)6-14-4-3-5-25(14)15-8-12(19)7-13(20)9-15/h3-9H,2H2,1H3,(H,22,24,26)/b11-6-. The number of hydrogen-bond donors (Lipinski definition) is 1. The van der Waals surface area contributed by atoms with Gasteiger partial charge in [-0.05, 0) is 42.8 Å². The molecule has 1 amide bonds. The third-order valence-electron chi connectivity index (χ3n) is 3.55. The van der Waals surface area contributed by atoms with Crippen molar-refractivity contribution >= 4 is 51.7 Å². The second kappa shape index (κ2) is 8.35. The molecule has 0 aliphatic rings. The maximum Gasteiger partial charge on any atom is 0.268 e. The number of amides is 1. The Morgan fingerprint density at radius 3 is 2.70 bits per heavy atom. The molecule has 0 saturated heterocycles. The molecule has 0 aliphatic carbocycles. The highest BCUT2D eigenvalue weighted by molar-refractivity contribution is 7.15. The third-order valence-corrected chi connectivity index (χ3v) is 4.97. The van der Waals surface area contributed by atoms with Crippen LogP contribution in [0.25, 0.3) is 11.8 Å². The first-order valence-electron chi connectivity index (χ1n) is 7.89. The number of nitriles is 1. The van der Waals surface area contributed by atoms with Gasteiger partial charge in [0.25, 0.3) is 5.91 Å². The lowest BCUT2D eigenvalue weighted by atomic mass is 10.2. The summed E-state index contributed by atoms with van der Waals surface area (Å²) in [6.07, 6.45) is 4.01. The maximum atomic E-state index is 12.4. The summed E-state index contributed by atoms with van der Waals surface area (Å²) in [5.74, 6) is -0.548. The van der Waals surface area contributed by atoms with Gasteiger partial charge in [0.15, 0.2) is 0 Å². The smallest absolute Gasteiger partial charge is 0.268 e. The molecule has 0 fully saturated rings. The zero-order valence-corrected chi connectivity index (χ0v) is 16.4. The molecule has 0 bridgehead atoms. The number of benzene rings is 1. The highest BCUT2D eigenvalue weighted by atomic mass is 35.5. The number of hydrogen-bond acceptors (Lipinski definition) is 5. The van der Waals surface area contributed by atoms with Gasteiger partial charge >= 0.3 is 0 Å². The van der Waals surface area contributed by atoms with Crippen LogP contribution < -0.4 is 5.32 Å². The molecule has 0 aliphatic heterocycles. The predicted octanol–water partition coefficient (Wildman–Crippen LogP) is 4.74.